The van der Waals surface area contributed by atoms with E-state index < -0.39 is 10.0 Å². The third kappa shape index (κ3) is 4.91. The van der Waals surface area contributed by atoms with Crippen LogP contribution in [-0.2, 0) is 29.5 Å². The Balaban J connectivity index is 1.57. The number of hydrogen-bond donors (Lipinski definition) is 1. The number of piperidine rings is 1. The summed E-state index contributed by atoms with van der Waals surface area (Å²) in [6.45, 7) is 6.67. The minimum Gasteiger partial charge on any atom is -0.309 e. The molecule has 0 amide bonds. The van der Waals surface area contributed by atoms with Crippen molar-refractivity contribution in [1.82, 2.24) is 19.2 Å². The lowest BCUT2D eigenvalue weighted by atomic mass is 9.98. The van der Waals surface area contributed by atoms with Crippen molar-refractivity contribution >= 4 is 10.0 Å². The zero-order valence-corrected chi connectivity index (χ0v) is 19.4. The Labute approximate surface area is 184 Å². The summed E-state index contributed by atoms with van der Waals surface area (Å²) >= 11 is 0. The molecule has 2 aliphatic rings. The van der Waals surface area contributed by atoms with Gasteiger partial charge in [-0.25, -0.2) is 13.4 Å². The van der Waals surface area contributed by atoms with E-state index in [1.165, 1.54) is 21.7 Å². The highest BCUT2D eigenvalue weighted by Crippen LogP contribution is 2.31. The second-order valence-corrected chi connectivity index (χ2v) is 11.1. The van der Waals surface area contributed by atoms with Crippen molar-refractivity contribution in [3.8, 4) is 0 Å². The fourth-order valence-corrected chi connectivity index (χ4v) is 5.38. The number of aromatic nitrogens is 2. The fourth-order valence-electron chi connectivity index (χ4n) is 4.59. The van der Waals surface area contributed by atoms with Gasteiger partial charge in [0.15, 0.2) is 0 Å². The van der Waals surface area contributed by atoms with E-state index in [1.54, 1.807) is 0 Å². The second kappa shape index (κ2) is 8.84. The summed E-state index contributed by atoms with van der Waals surface area (Å²) in [5, 5.41) is 0. The predicted octanol–water partition coefficient (Wildman–Crippen LogP) is 2.94. The molecule has 1 aromatic carbocycles. The van der Waals surface area contributed by atoms with Crippen molar-refractivity contribution in [1.29, 1.82) is 0 Å². The minimum atomic E-state index is -3.32. The van der Waals surface area contributed by atoms with Gasteiger partial charge in [-0.05, 0) is 36.4 Å². The van der Waals surface area contributed by atoms with E-state index in [2.05, 4.69) is 48.0 Å². The predicted molar refractivity (Wildman–Crippen MR) is 121 cm³/mol. The summed E-state index contributed by atoms with van der Waals surface area (Å²) in [5.41, 5.74) is 3.61. The monoisotopic (exact) mass is 444 g/mol. The molecule has 0 unspecified atom stereocenters. The smallest absolute Gasteiger partial charge is 0.255 e. The first-order chi connectivity index (χ1) is 14.7. The van der Waals surface area contributed by atoms with Crippen molar-refractivity contribution in [2.24, 2.45) is 0 Å². The van der Waals surface area contributed by atoms with Crippen molar-refractivity contribution in [2.75, 3.05) is 19.3 Å². The maximum Gasteiger partial charge on any atom is 0.255 e. The van der Waals surface area contributed by atoms with E-state index >= 15 is 0 Å². The molecule has 1 fully saturated rings. The van der Waals surface area contributed by atoms with Gasteiger partial charge in [0.1, 0.15) is 5.82 Å². The first kappa shape index (κ1) is 22.2. The number of sulfonamides is 1. The molecule has 2 aromatic rings. The Morgan fingerprint density at radius 2 is 1.90 bits per heavy atom. The second-order valence-electron chi connectivity index (χ2n) is 9.10. The maximum atomic E-state index is 12.8. The van der Waals surface area contributed by atoms with Crippen molar-refractivity contribution in [3.05, 3.63) is 62.8 Å². The van der Waals surface area contributed by atoms with Crippen LogP contribution in [0.5, 0.6) is 0 Å². The summed E-state index contributed by atoms with van der Waals surface area (Å²) < 4.78 is 25.1. The number of H-pyrrole nitrogens is 1. The fraction of sp³-hybridized carbons (Fsp3) is 0.565. The average Bonchev–Trinajstić information content (AvgIpc) is 2.73. The van der Waals surface area contributed by atoms with Crippen LogP contribution < -0.4 is 5.56 Å². The lowest BCUT2D eigenvalue weighted by Crippen LogP contribution is -2.40. The minimum absolute atomic E-state index is 0.0736. The third-order valence-electron chi connectivity index (χ3n) is 6.48. The number of likely N-dealkylation sites (tertiary alicyclic amines) is 1. The third-order valence-corrected chi connectivity index (χ3v) is 7.73. The van der Waals surface area contributed by atoms with Gasteiger partial charge in [-0.3, -0.25) is 9.69 Å². The van der Waals surface area contributed by atoms with Gasteiger partial charge in [0.2, 0.25) is 10.0 Å². The normalized spacial score (nSPS) is 20.7. The van der Waals surface area contributed by atoms with Gasteiger partial charge < -0.3 is 4.98 Å². The quantitative estimate of drug-likeness (QED) is 0.766. The van der Waals surface area contributed by atoms with E-state index in [4.69, 9.17) is 4.98 Å². The van der Waals surface area contributed by atoms with Gasteiger partial charge in [-0.15, -0.1) is 0 Å². The molecule has 1 saturated heterocycles. The molecule has 1 N–H and O–H groups in total. The lowest BCUT2D eigenvalue weighted by Gasteiger charge is -2.35. The van der Waals surface area contributed by atoms with Crippen molar-refractivity contribution in [2.45, 2.75) is 64.6 Å². The van der Waals surface area contributed by atoms with Crippen molar-refractivity contribution in [3.63, 3.8) is 0 Å². The molecule has 0 bridgehead atoms. The summed E-state index contributed by atoms with van der Waals surface area (Å²) in [5.74, 6) is 1.23. The summed E-state index contributed by atoms with van der Waals surface area (Å²) in [4.78, 5) is 23.0. The summed E-state index contributed by atoms with van der Waals surface area (Å²) in [6.07, 6.45) is 4.86. The Bertz CT molecular complexity index is 1090. The molecule has 2 aliphatic heterocycles. The average molecular weight is 445 g/mol. The molecule has 7 nitrogen and oxygen atoms in total. The molecule has 0 aliphatic carbocycles. The van der Waals surface area contributed by atoms with Gasteiger partial charge in [0.25, 0.3) is 5.56 Å². The molecule has 0 spiro atoms. The van der Waals surface area contributed by atoms with E-state index in [1.807, 2.05) is 0 Å². The van der Waals surface area contributed by atoms with Gasteiger partial charge in [0.05, 0.1) is 23.6 Å². The molecule has 0 saturated carbocycles. The van der Waals surface area contributed by atoms with Gasteiger partial charge in [0, 0.05) is 26.1 Å². The van der Waals surface area contributed by atoms with Crippen LogP contribution in [0.4, 0.5) is 0 Å². The Morgan fingerprint density at radius 1 is 1.16 bits per heavy atom. The largest absolute Gasteiger partial charge is 0.309 e. The van der Waals surface area contributed by atoms with Crippen LogP contribution in [-0.4, -0.2) is 46.9 Å². The molecule has 168 valence electrons. The molecule has 31 heavy (non-hydrogen) atoms. The highest BCUT2D eigenvalue weighted by atomic mass is 32.2. The van der Waals surface area contributed by atoms with Gasteiger partial charge in [-0.2, -0.15) is 4.31 Å². The highest BCUT2D eigenvalue weighted by Gasteiger charge is 2.30. The summed E-state index contributed by atoms with van der Waals surface area (Å²) in [7, 11) is -3.32. The lowest BCUT2D eigenvalue weighted by molar-refractivity contribution is 0.133. The molecule has 1 atom stereocenters. The molecule has 0 radical (unpaired) electrons. The number of benzene rings is 1. The van der Waals surface area contributed by atoms with Crippen LogP contribution in [0.2, 0.25) is 0 Å². The molecular weight excluding hydrogens is 412 g/mol. The van der Waals surface area contributed by atoms with Crippen LogP contribution >= 0.6 is 0 Å². The van der Waals surface area contributed by atoms with Crippen LogP contribution in [0, 0.1) is 0 Å². The Morgan fingerprint density at radius 3 is 2.58 bits per heavy atom. The number of aromatic amines is 1. The maximum absolute atomic E-state index is 12.8. The number of fused-ring (bicyclic) bond motifs is 1. The zero-order valence-electron chi connectivity index (χ0n) is 18.6. The standard InChI is InChI=1S/C23H32N4O3S/c1-16(2)18-9-7-17(8-10-18)14-26-12-5-4-6-21(26)22-24-20-11-13-27(31(3,29)30)15-19(20)23(28)25-22/h7-10,16,21H,4-6,11-15H2,1-3H3,(H,24,25,28)/t21-/m0/s1. The van der Waals surface area contributed by atoms with E-state index in [-0.39, 0.29) is 18.1 Å². The Hall–Kier alpha value is -2.03. The highest BCUT2D eigenvalue weighted by molar-refractivity contribution is 7.88. The molecule has 1 aromatic heterocycles. The van der Waals surface area contributed by atoms with Crippen LogP contribution in [0.15, 0.2) is 29.1 Å². The van der Waals surface area contributed by atoms with Crippen LogP contribution in [0.25, 0.3) is 0 Å². The SMILES string of the molecule is CC(C)c1ccc(CN2CCCC[C@H]2c2nc3c(c(=O)[nH]2)CN(S(C)(=O)=O)CC3)cc1. The Kier molecular flexibility index (Phi) is 6.32. The number of hydrogen-bond acceptors (Lipinski definition) is 5. The van der Waals surface area contributed by atoms with Crippen LogP contribution in [0.3, 0.4) is 0 Å². The molecule has 3 heterocycles. The number of nitrogens with zero attached hydrogens (tertiary/aromatic N) is 3. The molecule has 8 heteroatoms. The number of rotatable bonds is 5. The van der Waals surface area contributed by atoms with Crippen LogP contribution in [0.1, 0.15) is 73.3 Å². The molecular formula is C23H32N4O3S. The molecule has 4 rings (SSSR count). The van der Waals surface area contributed by atoms with Crippen molar-refractivity contribution < 1.29 is 8.42 Å². The summed E-state index contributed by atoms with van der Waals surface area (Å²) in [6, 6.07) is 8.87. The first-order valence-electron chi connectivity index (χ1n) is 11.1. The van der Waals surface area contributed by atoms with E-state index in [0.717, 1.165) is 43.9 Å². The van der Waals surface area contributed by atoms with E-state index in [9.17, 15) is 13.2 Å². The van der Waals surface area contributed by atoms with E-state index in [0.29, 0.717) is 24.4 Å². The first-order valence-corrected chi connectivity index (χ1v) is 13.0. The number of nitrogens with one attached hydrogen (secondary N) is 1. The topological polar surface area (TPSA) is 86.4 Å². The zero-order chi connectivity index (χ0) is 22.2. The van der Waals surface area contributed by atoms with Gasteiger partial charge in [-0.1, -0.05) is 44.5 Å². The van der Waals surface area contributed by atoms with Gasteiger partial charge >= 0.3 is 0 Å².